The van der Waals surface area contributed by atoms with Gasteiger partial charge in [-0.15, -0.1) is 0 Å². The molecule has 0 atom stereocenters. The maximum absolute atomic E-state index is 11.3. The van der Waals surface area contributed by atoms with Gasteiger partial charge in [-0.2, -0.15) is 5.26 Å². The van der Waals surface area contributed by atoms with E-state index in [-0.39, 0.29) is 22.7 Å². The summed E-state index contributed by atoms with van der Waals surface area (Å²) in [5, 5.41) is 9.04. The van der Waals surface area contributed by atoms with E-state index >= 15 is 0 Å². The van der Waals surface area contributed by atoms with Gasteiger partial charge in [0.15, 0.2) is 11.6 Å². The summed E-state index contributed by atoms with van der Waals surface area (Å²) in [5.41, 5.74) is 0.694. The molecule has 1 rings (SSSR count). The lowest BCUT2D eigenvalue weighted by Crippen LogP contribution is -2.09. The van der Waals surface area contributed by atoms with Crippen molar-refractivity contribution in [3.8, 4) is 6.07 Å². The molecule has 16 heavy (non-hydrogen) atoms. The van der Waals surface area contributed by atoms with Crippen molar-refractivity contribution < 1.29 is 9.59 Å². The summed E-state index contributed by atoms with van der Waals surface area (Å²) in [6.07, 6.45) is 0. The van der Waals surface area contributed by atoms with Gasteiger partial charge in [0, 0.05) is 0 Å². The number of allylic oxidation sites excluding steroid dienone is 2. The number of nitrogens with zero attached hydrogens (tertiary/aromatic N) is 1. The smallest absolute Gasteiger partial charge is 0.164 e. The third kappa shape index (κ3) is 2.43. The molecule has 0 aliphatic heterocycles. The predicted molar refractivity (Wildman–Crippen MR) is 60.3 cm³/mol. The Balaban J connectivity index is 3.46. The maximum Gasteiger partial charge on any atom is 0.164 e. The Bertz CT molecular complexity index is 476. The van der Waals surface area contributed by atoms with E-state index < -0.39 is 0 Å². The second-order valence-electron chi connectivity index (χ2n) is 3.34. The molecule has 0 radical (unpaired) electrons. The first-order valence-corrected chi connectivity index (χ1v) is 4.79. The van der Waals surface area contributed by atoms with E-state index in [1.165, 1.54) is 13.8 Å². The second-order valence-corrected chi connectivity index (χ2v) is 3.34. The molecule has 0 saturated heterocycles. The summed E-state index contributed by atoms with van der Waals surface area (Å²) in [4.78, 5) is 22.7. The number of rotatable bonds is 3. The number of nitriles is 1. The topological polar surface area (TPSA) is 57.9 Å². The van der Waals surface area contributed by atoms with E-state index in [0.29, 0.717) is 5.56 Å². The van der Waals surface area contributed by atoms with Gasteiger partial charge in [0.25, 0.3) is 0 Å². The van der Waals surface area contributed by atoms with Gasteiger partial charge in [-0.1, -0.05) is 30.3 Å². The average molecular weight is 213 g/mol. The monoisotopic (exact) mass is 213 g/mol. The molecule has 0 unspecified atom stereocenters. The molecule has 0 aliphatic rings. The van der Waals surface area contributed by atoms with Gasteiger partial charge < -0.3 is 0 Å². The minimum absolute atomic E-state index is 0.0336. The van der Waals surface area contributed by atoms with E-state index in [0.717, 1.165) is 0 Å². The molecule has 0 N–H and O–H groups in total. The van der Waals surface area contributed by atoms with Crippen molar-refractivity contribution in [3.63, 3.8) is 0 Å². The van der Waals surface area contributed by atoms with Crippen LogP contribution in [0.1, 0.15) is 19.4 Å². The van der Waals surface area contributed by atoms with E-state index in [4.69, 9.17) is 5.26 Å². The zero-order valence-electron chi connectivity index (χ0n) is 9.15. The summed E-state index contributed by atoms with van der Waals surface area (Å²) < 4.78 is 0. The zero-order chi connectivity index (χ0) is 12.1. The number of carbonyl (C=O) groups is 2. The highest BCUT2D eigenvalue weighted by Crippen LogP contribution is 2.19. The van der Waals surface area contributed by atoms with Crippen molar-refractivity contribution in [1.29, 1.82) is 5.26 Å². The van der Waals surface area contributed by atoms with Crippen molar-refractivity contribution >= 4 is 17.1 Å². The van der Waals surface area contributed by atoms with Crippen molar-refractivity contribution in [1.82, 2.24) is 0 Å². The molecule has 0 bridgehead atoms. The number of ketones is 2. The molecule has 0 aliphatic carbocycles. The van der Waals surface area contributed by atoms with Crippen LogP contribution in [0, 0.1) is 11.3 Å². The fourth-order valence-corrected chi connectivity index (χ4v) is 1.47. The van der Waals surface area contributed by atoms with Crippen molar-refractivity contribution in [2.24, 2.45) is 0 Å². The fourth-order valence-electron chi connectivity index (χ4n) is 1.47. The Morgan fingerprint density at radius 3 is 1.94 bits per heavy atom. The molecule has 1 aromatic carbocycles. The van der Waals surface area contributed by atoms with E-state index in [2.05, 4.69) is 0 Å². The first-order chi connectivity index (χ1) is 7.57. The Morgan fingerprint density at radius 1 is 1.06 bits per heavy atom. The molecule has 1 aromatic rings. The lowest BCUT2D eigenvalue weighted by atomic mass is 9.96. The molecule has 0 spiro atoms. The zero-order valence-corrected chi connectivity index (χ0v) is 9.15. The van der Waals surface area contributed by atoms with Gasteiger partial charge in [-0.05, 0) is 19.4 Å². The van der Waals surface area contributed by atoms with Crippen LogP contribution in [0.5, 0.6) is 0 Å². The Morgan fingerprint density at radius 2 is 1.56 bits per heavy atom. The second kappa shape index (κ2) is 5.04. The van der Waals surface area contributed by atoms with Crippen LogP contribution in [0.25, 0.3) is 5.57 Å². The molecule has 0 fully saturated rings. The standard InChI is InChI=1S/C13H11NO2/c1-9(15)13(10(2)16)12(8-14)11-6-4-3-5-7-11/h3-7H,1-2H3. The van der Waals surface area contributed by atoms with Gasteiger partial charge in [-0.25, -0.2) is 0 Å². The minimum atomic E-state index is -0.382. The van der Waals surface area contributed by atoms with Gasteiger partial charge in [0.1, 0.15) is 6.07 Å². The molecule has 0 saturated carbocycles. The van der Waals surface area contributed by atoms with Crippen LogP contribution in [-0.2, 0) is 9.59 Å². The van der Waals surface area contributed by atoms with E-state index in [1.54, 1.807) is 30.3 Å². The number of hydrogen-bond donors (Lipinski definition) is 0. The van der Waals surface area contributed by atoms with Crippen LogP contribution in [0.2, 0.25) is 0 Å². The van der Waals surface area contributed by atoms with Crippen LogP contribution < -0.4 is 0 Å². The fraction of sp³-hybridized carbons (Fsp3) is 0.154. The first kappa shape index (κ1) is 11.9. The number of hydrogen-bond acceptors (Lipinski definition) is 3. The SMILES string of the molecule is CC(=O)C(C(C)=O)=C(C#N)c1ccccc1. The number of Topliss-reactive ketones (excluding diaryl/α,β-unsaturated/α-hetero) is 2. The molecule has 3 nitrogen and oxygen atoms in total. The summed E-state index contributed by atoms with van der Waals surface area (Å²) in [5.74, 6) is -0.763. The maximum atomic E-state index is 11.3. The van der Waals surface area contributed by atoms with Crippen LogP contribution in [0.3, 0.4) is 0 Å². The third-order valence-electron chi connectivity index (χ3n) is 2.13. The molecular formula is C13H11NO2. The van der Waals surface area contributed by atoms with Crippen LogP contribution >= 0.6 is 0 Å². The van der Waals surface area contributed by atoms with Crippen molar-refractivity contribution in [2.75, 3.05) is 0 Å². The van der Waals surface area contributed by atoms with E-state index in [1.807, 2.05) is 6.07 Å². The van der Waals surface area contributed by atoms with Crippen molar-refractivity contribution in [3.05, 3.63) is 41.5 Å². The normalized spacial score (nSPS) is 9.06. The summed E-state index contributed by atoms with van der Waals surface area (Å²) in [6, 6.07) is 10.6. The molecule has 0 aromatic heterocycles. The number of benzene rings is 1. The Labute approximate surface area is 94.0 Å². The predicted octanol–water partition coefficient (Wildman–Crippen LogP) is 2.14. The third-order valence-corrected chi connectivity index (χ3v) is 2.13. The highest BCUT2D eigenvalue weighted by molar-refractivity contribution is 6.25. The Hall–Kier alpha value is -2.21. The summed E-state index contributed by atoms with van der Waals surface area (Å²) in [7, 11) is 0. The molecule has 80 valence electrons. The lowest BCUT2D eigenvalue weighted by Gasteiger charge is -2.03. The van der Waals surface area contributed by atoms with Crippen LogP contribution in [-0.4, -0.2) is 11.6 Å². The summed E-state index contributed by atoms with van der Waals surface area (Å²) in [6.45, 7) is 2.58. The van der Waals surface area contributed by atoms with Gasteiger partial charge in [0.2, 0.25) is 0 Å². The Kier molecular flexibility index (Phi) is 3.73. The first-order valence-electron chi connectivity index (χ1n) is 4.79. The van der Waals surface area contributed by atoms with Crippen molar-refractivity contribution in [2.45, 2.75) is 13.8 Å². The van der Waals surface area contributed by atoms with Gasteiger partial charge >= 0.3 is 0 Å². The minimum Gasteiger partial charge on any atom is -0.294 e. The molecule has 3 heteroatoms. The summed E-state index contributed by atoms with van der Waals surface area (Å²) >= 11 is 0. The van der Waals surface area contributed by atoms with Crippen LogP contribution in [0.4, 0.5) is 0 Å². The van der Waals surface area contributed by atoms with Crippen LogP contribution in [0.15, 0.2) is 35.9 Å². The largest absolute Gasteiger partial charge is 0.294 e. The quantitative estimate of drug-likeness (QED) is 0.334. The highest BCUT2D eigenvalue weighted by atomic mass is 16.1. The molecular weight excluding hydrogens is 202 g/mol. The highest BCUT2D eigenvalue weighted by Gasteiger charge is 2.17. The molecule has 0 heterocycles. The number of carbonyl (C=O) groups excluding carboxylic acids is 2. The van der Waals surface area contributed by atoms with E-state index in [9.17, 15) is 9.59 Å². The lowest BCUT2D eigenvalue weighted by molar-refractivity contribution is -0.119. The van der Waals surface area contributed by atoms with Gasteiger partial charge in [-0.3, -0.25) is 9.59 Å². The molecule has 0 amide bonds. The van der Waals surface area contributed by atoms with Gasteiger partial charge in [0.05, 0.1) is 11.1 Å². The average Bonchev–Trinajstić information content (AvgIpc) is 2.25.